The Bertz CT molecular complexity index is 1820. The molecule has 0 aliphatic heterocycles. The maximum Gasteiger partial charge on any atom is 0.0880 e. The fourth-order valence-electron chi connectivity index (χ4n) is 5.77. The predicted molar refractivity (Wildman–Crippen MR) is 170 cm³/mol. The zero-order chi connectivity index (χ0) is 26.8. The minimum Gasteiger partial charge on any atom is -0.255 e. The van der Waals surface area contributed by atoms with Crippen LogP contribution in [0.1, 0.15) is 56.2 Å². The van der Waals surface area contributed by atoms with E-state index >= 15 is 0 Å². The molecular formula is C35H35NS2. The number of rotatable bonds is 4. The number of hydrogen-bond acceptors (Lipinski definition) is 3. The highest BCUT2D eigenvalue weighted by atomic mass is 32.1. The zero-order valence-electron chi connectivity index (χ0n) is 23.4. The molecule has 0 unspecified atom stereocenters. The second-order valence-corrected chi connectivity index (χ2v) is 14.3. The average molecular weight is 534 g/mol. The monoisotopic (exact) mass is 533 g/mol. The lowest BCUT2D eigenvalue weighted by molar-refractivity contribution is 0.596. The van der Waals surface area contributed by atoms with Crippen molar-refractivity contribution in [1.82, 2.24) is 4.98 Å². The molecule has 0 spiro atoms. The second-order valence-electron chi connectivity index (χ2n) is 12.0. The van der Waals surface area contributed by atoms with E-state index in [1.54, 1.807) is 0 Å². The summed E-state index contributed by atoms with van der Waals surface area (Å²) in [6.45, 7) is 16.1. The summed E-state index contributed by atoms with van der Waals surface area (Å²) in [6, 6.07) is 22.7. The Morgan fingerprint density at radius 3 is 2.37 bits per heavy atom. The number of hydrogen-bond donors (Lipinski definition) is 0. The quantitative estimate of drug-likeness (QED) is 0.220. The van der Waals surface area contributed by atoms with Crippen LogP contribution in [0.2, 0.25) is 0 Å². The van der Waals surface area contributed by atoms with E-state index in [1.165, 1.54) is 68.5 Å². The highest BCUT2D eigenvalue weighted by molar-refractivity contribution is 7.23. The number of thiophene rings is 2. The van der Waals surface area contributed by atoms with Crippen molar-refractivity contribution in [3.05, 3.63) is 88.4 Å². The van der Waals surface area contributed by atoms with Gasteiger partial charge in [0.05, 0.1) is 10.4 Å². The summed E-state index contributed by atoms with van der Waals surface area (Å²) >= 11 is 3.83. The molecule has 0 aliphatic carbocycles. The van der Waals surface area contributed by atoms with Crippen molar-refractivity contribution >= 4 is 53.6 Å². The largest absolute Gasteiger partial charge is 0.255 e. The minimum absolute atomic E-state index is 0.0444. The standard InChI is InChI=1S/C35H35NS2/c1-20(2)16-29-22(4)37-31-19-24(12-13-28(29)31)33-21(3)26-14-15-36-32(34(26)38-33)25-17-23-10-8-9-11-27(23)30(18-25)35(5,6)7/h8-15,17-20H,16H2,1-7H3. The molecule has 192 valence electrons. The molecule has 3 heteroatoms. The van der Waals surface area contributed by atoms with Gasteiger partial charge in [0.1, 0.15) is 0 Å². The van der Waals surface area contributed by atoms with Crippen molar-refractivity contribution < 1.29 is 0 Å². The molecule has 3 aromatic heterocycles. The molecule has 0 amide bonds. The van der Waals surface area contributed by atoms with Gasteiger partial charge in [-0.15, -0.1) is 22.7 Å². The Balaban J connectivity index is 1.53. The highest BCUT2D eigenvalue weighted by Crippen LogP contribution is 2.45. The van der Waals surface area contributed by atoms with Crippen LogP contribution in [0.4, 0.5) is 0 Å². The molecule has 0 N–H and O–H groups in total. The van der Waals surface area contributed by atoms with E-state index in [-0.39, 0.29) is 5.41 Å². The molecule has 0 fully saturated rings. The third kappa shape index (κ3) is 4.26. The van der Waals surface area contributed by atoms with Gasteiger partial charge in [0, 0.05) is 26.2 Å². The molecule has 3 heterocycles. The number of pyridine rings is 1. The van der Waals surface area contributed by atoms with E-state index in [4.69, 9.17) is 4.98 Å². The van der Waals surface area contributed by atoms with E-state index < -0.39 is 0 Å². The smallest absolute Gasteiger partial charge is 0.0880 e. The van der Waals surface area contributed by atoms with Crippen molar-refractivity contribution in [2.24, 2.45) is 5.92 Å². The molecule has 6 rings (SSSR count). The van der Waals surface area contributed by atoms with E-state index in [9.17, 15) is 0 Å². The molecule has 38 heavy (non-hydrogen) atoms. The first kappa shape index (κ1) is 25.3. The molecule has 6 aromatic rings. The van der Waals surface area contributed by atoms with Gasteiger partial charge in [0.2, 0.25) is 0 Å². The summed E-state index contributed by atoms with van der Waals surface area (Å²) in [5.74, 6) is 0.663. The SMILES string of the molecule is Cc1sc2cc(-c3sc4c(-c5cc(C(C)(C)C)c6ccccc6c5)nccc4c3C)ccc2c1CC(C)C. The third-order valence-corrected chi connectivity index (χ3v) is 10.1. The van der Waals surface area contributed by atoms with Gasteiger partial charge in [-0.05, 0) is 99.7 Å². The predicted octanol–water partition coefficient (Wildman–Crippen LogP) is 11.1. The average Bonchev–Trinajstić information content (AvgIpc) is 3.38. The number of aryl methyl sites for hydroxylation is 2. The van der Waals surface area contributed by atoms with E-state index in [1.807, 2.05) is 28.9 Å². The molecule has 0 saturated heterocycles. The summed E-state index contributed by atoms with van der Waals surface area (Å²) in [4.78, 5) is 7.77. The van der Waals surface area contributed by atoms with Crippen LogP contribution in [0, 0.1) is 19.8 Å². The molecule has 0 aliphatic rings. The van der Waals surface area contributed by atoms with Gasteiger partial charge in [-0.25, -0.2) is 0 Å². The molecule has 0 saturated carbocycles. The Morgan fingerprint density at radius 1 is 0.816 bits per heavy atom. The minimum atomic E-state index is 0.0444. The van der Waals surface area contributed by atoms with Gasteiger partial charge in [0.15, 0.2) is 0 Å². The number of fused-ring (bicyclic) bond motifs is 3. The molecular weight excluding hydrogens is 499 g/mol. The molecule has 0 atom stereocenters. The fourth-order valence-corrected chi connectivity index (χ4v) is 8.22. The van der Waals surface area contributed by atoms with Crippen molar-refractivity contribution in [3.63, 3.8) is 0 Å². The fraction of sp³-hybridized carbons (Fsp3) is 0.286. The molecule has 0 bridgehead atoms. The molecule has 3 aromatic carbocycles. The first-order valence-corrected chi connectivity index (χ1v) is 15.2. The zero-order valence-corrected chi connectivity index (χ0v) is 25.0. The maximum absolute atomic E-state index is 4.96. The van der Waals surface area contributed by atoms with Gasteiger partial charge in [-0.3, -0.25) is 4.98 Å². The lowest BCUT2D eigenvalue weighted by Gasteiger charge is -2.22. The van der Waals surface area contributed by atoms with Gasteiger partial charge in [0.25, 0.3) is 0 Å². The van der Waals surface area contributed by atoms with Crippen LogP contribution >= 0.6 is 22.7 Å². The Labute approximate surface area is 234 Å². The highest BCUT2D eigenvalue weighted by Gasteiger charge is 2.21. The normalized spacial score (nSPS) is 12.4. The van der Waals surface area contributed by atoms with Gasteiger partial charge in [-0.2, -0.15) is 0 Å². The van der Waals surface area contributed by atoms with Crippen LogP contribution < -0.4 is 0 Å². The van der Waals surface area contributed by atoms with E-state index in [2.05, 4.69) is 109 Å². The summed E-state index contributed by atoms with van der Waals surface area (Å²) in [5, 5.41) is 5.34. The van der Waals surface area contributed by atoms with Crippen molar-refractivity contribution in [3.8, 4) is 21.7 Å². The molecule has 1 nitrogen and oxygen atoms in total. The van der Waals surface area contributed by atoms with Crippen LogP contribution in [0.15, 0.2) is 66.9 Å². The van der Waals surface area contributed by atoms with Crippen molar-refractivity contribution in [2.75, 3.05) is 0 Å². The topological polar surface area (TPSA) is 12.9 Å². The lowest BCUT2D eigenvalue weighted by Crippen LogP contribution is -2.12. The van der Waals surface area contributed by atoms with Crippen LogP contribution in [-0.2, 0) is 11.8 Å². The first-order chi connectivity index (χ1) is 18.1. The number of benzene rings is 3. The summed E-state index contributed by atoms with van der Waals surface area (Å²) in [5.41, 5.74) is 7.89. The van der Waals surface area contributed by atoms with Crippen LogP contribution in [0.5, 0.6) is 0 Å². The summed E-state index contributed by atoms with van der Waals surface area (Å²) in [6.07, 6.45) is 3.13. The van der Waals surface area contributed by atoms with Crippen LogP contribution in [0.25, 0.3) is 52.6 Å². The summed E-state index contributed by atoms with van der Waals surface area (Å²) in [7, 11) is 0. The Morgan fingerprint density at radius 2 is 1.61 bits per heavy atom. The second kappa shape index (κ2) is 9.32. The van der Waals surface area contributed by atoms with Gasteiger partial charge >= 0.3 is 0 Å². The van der Waals surface area contributed by atoms with Crippen molar-refractivity contribution in [1.29, 1.82) is 0 Å². The maximum atomic E-state index is 4.96. The van der Waals surface area contributed by atoms with Crippen LogP contribution in [-0.4, -0.2) is 4.98 Å². The summed E-state index contributed by atoms with van der Waals surface area (Å²) < 4.78 is 2.67. The van der Waals surface area contributed by atoms with E-state index in [0.717, 1.165) is 12.1 Å². The Hall–Kier alpha value is -3.01. The van der Waals surface area contributed by atoms with Crippen molar-refractivity contribution in [2.45, 2.75) is 60.3 Å². The van der Waals surface area contributed by atoms with Crippen LogP contribution in [0.3, 0.4) is 0 Å². The third-order valence-electron chi connectivity index (χ3n) is 7.67. The number of nitrogens with zero attached hydrogens (tertiary/aromatic N) is 1. The Kier molecular flexibility index (Phi) is 6.20. The number of aromatic nitrogens is 1. The lowest BCUT2D eigenvalue weighted by atomic mass is 9.82. The molecule has 0 radical (unpaired) electrons. The first-order valence-electron chi connectivity index (χ1n) is 13.6. The van der Waals surface area contributed by atoms with E-state index in [0.29, 0.717) is 5.92 Å². The van der Waals surface area contributed by atoms with Gasteiger partial charge < -0.3 is 0 Å². The van der Waals surface area contributed by atoms with Gasteiger partial charge in [-0.1, -0.05) is 71.0 Å².